The number of rotatable bonds is 6. The van der Waals surface area contributed by atoms with Gasteiger partial charge < -0.3 is 4.90 Å². The fourth-order valence-corrected chi connectivity index (χ4v) is 7.41. The summed E-state index contributed by atoms with van der Waals surface area (Å²) in [6.45, 7) is 0.912. The maximum atomic E-state index is 13.3. The third-order valence-electron chi connectivity index (χ3n) is 6.01. The first-order valence-corrected chi connectivity index (χ1v) is 13.1. The van der Waals surface area contributed by atoms with Crippen molar-refractivity contribution in [3.8, 4) is 0 Å². The zero-order valence-electron chi connectivity index (χ0n) is 16.9. The monoisotopic (exact) mass is 435 g/mol. The summed E-state index contributed by atoms with van der Waals surface area (Å²) in [5, 5.41) is 0.995. The lowest BCUT2D eigenvalue weighted by molar-refractivity contribution is -0.137. The highest BCUT2D eigenvalue weighted by atomic mass is 32.2. The highest BCUT2D eigenvalue weighted by Crippen LogP contribution is 2.29. The van der Waals surface area contributed by atoms with Crippen molar-refractivity contribution in [1.82, 2.24) is 14.8 Å². The molecule has 1 atom stereocenters. The highest BCUT2D eigenvalue weighted by molar-refractivity contribution is 7.91. The molecule has 158 valence electrons. The summed E-state index contributed by atoms with van der Waals surface area (Å²) in [5.41, 5.74) is 0.993. The Morgan fingerprint density at radius 1 is 1.14 bits per heavy atom. The summed E-state index contributed by atoms with van der Waals surface area (Å²) in [4.78, 5) is 21.9. The van der Waals surface area contributed by atoms with Gasteiger partial charge in [0.2, 0.25) is 5.91 Å². The molecule has 0 spiro atoms. The number of sulfone groups is 1. The predicted octanol–water partition coefficient (Wildman–Crippen LogP) is 3.08. The van der Waals surface area contributed by atoms with Crippen LogP contribution < -0.4 is 0 Å². The highest BCUT2D eigenvalue weighted by Gasteiger charge is 2.38. The molecule has 2 heterocycles. The molecule has 1 aliphatic heterocycles. The molecule has 0 radical (unpaired) electrons. The third kappa shape index (κ3) is 4.98. The van der Waals surface area contributed by atoms with Crippen molar-refractivity contribution >= 4 is 37.3 Å². The van der Waals surface area contributed by atoms with Gasteiger partial charge in [-0.05, 0) is 38.4 Å². The molecule has 1 aromatic heterocycles. The lowest BCUT2D eigenvalue weighted by Gasteiger charge is -2.39. The second kappa shape index (κ2) is 8.70. The Hall–Kier alpha value is -1.51. The topological polar surface area (TPSA) is 70.6 Å². The zero-order valence-corrected chi connectivity index (χ0v) is 18.6. The first-order chi connectivity index (χ1) is 13.9. The van der Waals surface area contributed by atoms with Crippen molar-refractivity contribution in [2.75, 3.05) is 25.1 Å². The van der Waals surface area contributed by atoms with E-state index in [1.54, 1.807) is 11.3 Å². The average molecular weight is 436 g/mol. The molecular weight excluding hydrogens is 406 g/mol. The number of carbonyl (C=O) groups is 1. The van der Waals surface area contributed by atoms with Crippen LogP contribution in [0.1, 0.15) is 43.5 Å². The molecule has 2 fully saturated rings. The van der Waals surface area contributed by atoms with Crippen LogP contribution in [0.5, 0.6) is 0 Å². The summed E-state index contributed by atoms with van der Waals surface area (Å²) in [7, 11) is -1.08. The summed E-state index contributed by atoms with van der Waals surface area (Å²) < 4.78 is 25.2. The van der Waals surface area contributed by atoms with Crippen LogP contribution in [0.15, 0.2) is 24.3 Å². The molecule has 1 unspecified atom stereocenters. The van der Waals surface area contributed by atoms with Crippen LogP contribution in [0.3, 0.4) is 0 Å². The van der Waals surface area contributed by atoms with Gasteiger partial charge in [0.1, 0.15) is 5.01 Å². The number of aromatic nitrogens is 1. The van der Waals surface area contributed by atoms with E-state index in [-0.39, 0.29) is 29.5 Å². The molecule has 1 aliphatic carbocycles. The van der Waals surface area contributed by atoms with Gasteiger partial charge in [-0.2, -0.15) is 0 Å². The van der Waals surface area contributed by atoms with Crippen LogP contribution >= 0.6 is 11.3 Å². The van der Waals surface area contributed by atoms with E-state index in [1.807, 2.05) is 35.0 Å². The molecule has 4 rings (SSSR count). The number of hydrogen-bond acceptors (Lipinski definition) is 6. The smallest absolute Gasteiger partial charge is 0.237 e. The number of benzene rings is 1. The lowest BCUT2D eigenvalue weighted by atomic mass is 9.93. The molecule has 1 aromatic carbocycles. The van der Waals surface area contributed by atoms with Crippen LogP contribution in [0.25, 0.3) is 10.2 Å². The summed E-state index contributed by atoms with van der Waals surface area (Å²) in [5.74, 6) is 0.384. The second-order valence-corrected chi connectivity index (χ2v) is 11.7. The second-order valence-electron chi connectivity index (χ2n) is 8.40. The minimum atomic E-state index is -3.02. The van der Waals surface area contributed by atoms with E-state index in [9.17, 15) is 13.2 Å². The summed E-state index contributed by atoms with van der Waals surface area (Å²) >= 11 is 1.66. The number of hydrogen-bond donors (Lipinski definition) is 0. The van der Waals surface area contributed by atoms with Gasteiger partial charge >= 0.3 is 0 Å². The molecule has 1 saturated carbocycles. The van der Waals surface area contributed by atoms with E-state index in [0.29, 0.717) is 19.5 Å². The Morgan fingerprint density at radius 2 is 1.90 bits per heavy atom. The molecule has 1 amide bonds. The molecule has 2 aliphatic rings. The Bertz CT molecular complexity index is 933. The van der Waals surface area contributed by atoms with Gasteiger partial charge in [0.15, 0.2) is 9.84 Å². The van der Waals surface area contributed by atoms with Gasteiger partial charge in [-0.25, -0.2) is 13.4 Å². The molecule has 1 saturated heterocycles. The van der Waals surface area contributed by atoms with E-state index in [4.69, 9.17) is 0 Å². The van der Waals surface area contributed by atoms with Crippen molar-refractivity contribution < 1.29 is 13.2 Å². The molecular formula is C21H29N3O3S2. The maximum absolute atomic E-state index is 13.3. The van der Waals surface area contributed by atoms with Crippen molar-refractivity contribution in [1.29, 1.82) is 0 Å². The van der Waals surface area contributed by atoms with E-state index < -0.39 is 9.84 Å². The van der Waals surface area contributed by atoms with Gasteiger partial charge in [-0.1, -0.05) is 31.4 Å². The Morgan fingerprint density at radius 3 is 2.59 bits per heavy atom. The minimum Gasteiger partial charge on any atom is -0.335 e. The summed E-state index contributed by atoms with van der Waals surface area (Å²) in [6.07, 6.45) is 6.00. The number of para-hydroxylation sites is 1. The first-order valence-electron chi connectivity index (χ1n) is 10.5. The normalized spacial score (nSPS) is 22.3. The fraction of sp³-hybridized carbons (Fsp3) is 0.619. The zero-order chi connectivity index (χ0) is 20.4. The van der Waals surface area contributed by atoms with E-state index in [2.05, 4.69) is 11.1 Å². The van der Waals surface area contributed by atoms with Gasteiger partial charge in [0, 0.05) is 12.1 Å². The van der Waals surface area contributed by atoms with Crippen molar-refractivity contribution in [3.05, 3.63) is 29.3 Å². The van der Waals surface area contributed by atoms with Crippen molar-refractivity contribution in [2.45, 2.75) is 57.2 Å². The number of amides is 1. The average Bonchev–Trinajstić information content (AvgIpc) is 3.24. The first kappa shape index (κ1) is 20.8. The minimum absolute atomic E-state index is 0.0580. The number of fused-ring (bicyclic) bond motifs is 1. The molecule has 8 heteroatoms. The Kier molecular flexibility index (Phi) is 6.22. The molecule has 0 N–H and O–H groups in total. The standard InChI is InChI=1S/C21H29N3O3S2/c1-23(13-20-22-18-9-5-6-10-19(18)28-20)14-21(25)24(16-7-3-2-4-8-16)17-11-12-29(26,27)15-17/h5-6,9-10,16-17H,2-4,7-8,11-15H2,1H3. The number of thiazole rings is 1. The molecule has 0 bridgehead atoms. The Balaban J connectivity index is 1.44. The fourth-order valence-electron chi connectivity index (χ4n) is 4.65. The molecule has 2 aromatic rings. The third-order valence-corrected chi connectivity index (χ3v) is 8.78. The van der Waals surface area contributed by atoms with Gasteiger partial charge in [0.25, 0.3) is 0 Å². The van der Waals surface area contributed by atoms with Crippen LogP contribution in [-0.2, 0) is 21.2 Å². The molecule has 29 heavy (non-hydrogen) atoms. The van der Waals surface area contributed by atoms with Crippen LogP contribution in [-0.4, -0.2) is 66.3 Å². The van der Waals surface area contributed by atoms with Crippen molar-refractivity contribution in [2.24, 2.45) is 0 Å². The maximum Gasteiger partial charge on any atom is 0.237 e. The molecule has 6 nitrogen and oxygen atoms in total. The largest absolute Gasteiger partial charge is 0.335 e. The number of nitrogens with zero attached hydrogens (tertiary/aromatic N) is 3. The van der Waals surface area contributed by atoms with Gasteiger partial charge in [-0.3, -0.25) is 9.69 Å². The quantitative estimate of drug-likeness (QED) is 0.697. The van der Waals surface area contributed by atoms with E-state index in [1.165, 1.54) is 6.42 Å². The summed E-state index contributed by atoms with van der Waals surface area (Å²) in [6, 6.07) is 8.09. The van der Waals surface area contributed by atoms with E-state index >= 15 is 0 Å². The van der Waals surface area contributed by atoms with Crippen LogP contribution in [0.2, 0.25) is 0 Å². The van der Waals surface area contributed by atoms with Gasteiger partial charge in [0.05, 0.1) is 34.8 Å². The lowest BCUT2D eigenvalue weighted by Crippen LogP contribution is -2.51. The van der Waals surface area contributed by atoms with Crippen LogP contribution in [0.4, 0.5) is 0 Å². The number of carbonyl (C=O) groups excluding carboxylic acids is 1. The Labute approximate surface area is 176 Å². The predicted molar refractivity (Wildman–Crippen MR) is 117 cm³/mol. The van der Waals surface area contributed by atoms with Gasteiger partial charge in [-0.15, -0.1) is 11.3 Å². The van der Waals surface area contributed by atoms with Crippen molar-refractivity contribution in [3.63, 3.8) is 0 Å². The van der Waals surface area contributed by atoms with E-state index in [0.717, 1.165) is 40.9 Å². The SMILES string of the molecule is CN(CC(=O)N(C1CCCCC1)C1CCS(=O)(=O)C1)Cc1nc2ccccc2s1. The number of likely N-dealkylation sites (N-methyl/N-ethyl adjacent to an activating group) is 1. The van der Waals surface area contributed by atoms with Crippen LogP contribution in [0, 0.1) is 0 Å².